The molecule has 0 spiro atoms. The Bertz CT molecular complexity index is 439. The Hall–Kier alpha value is -1.31. The molecule has 0 fully saturated rings. The van der Waals surface area contributed by atoms with Gasteiger partial charge in [0.05, 0.1) is 5.69 Å². The van der Waals surface area contributed by atoms with Crippen LogP contribution < -0.4 is 11.1 Å². The summed E-state index contributed by atoms with van der Waals surface area (Å²) in [5, 5.41) is 9.49. The molecule has 0 aliphatic carbocycles. The zero-order valence-corrected chi connectivity index (χ0v) is 9.32. The molecule has 0 bridgehead atoms. The Morgan fingerprint density at radius 3 is 2.79 bits per heavy atom. The van der Waals surface area contributed by atoms with E-state index in [9.17, 15) is 0 Å². The lowest BCUT2D eigenvalue weighted by atomic mass is 10.3. The highest BCUT2D eigenvalue weighted by atomic mass is 127. The fraction of sp³-hybridized carbons (Fsp3) is 0. The summed E-state index contributed by atoms with van der Waals surface area (Å²) in [5.74, 6) is 0.782. The molecule has 14 heavy (non-hydrogen) atoms. The number of nitrogen functional groups attached to an aromatic ring is 1. The lowest BCUT2D eigenvalue weighted by Gasteiger charge is -2.02. The van der Waals surface area contributed by atoms with E-state index in [0.717, 1.165) is 9.26 Å². The molecule has 2 rings (SSSR count). The van der Waals surface area contributed by atoms with Crippen molar-refractivity contribution in [3.8, 4) is 0 Å². The fourth-order valence-electron chi connectivity index (χ4n) is 1.01. The molecule has 4 N–H and O–H groups in total. The summed E-state index contributed by atoms with van der Waals surface area (Å²) in [4.78, 5) is 3.94. The summed E-state index contributed by atoms with van der Waals surface area (Å²) in [6.45, 7) is 0. The second-order valence-electron chi connectivity index (χ2n) is 2.65. The van der Waals surface area contributed by atoms with Crippen molar-refractivity contribution < 1.29 is 0 Å². The van der Waals surface area contributed by atoms with Crippen LogP contribution in [0.1, 0.15) is 0 Å². The van der Waals surface area contributed by atoms with Gasteiger partial charge in [0.1, 0.15) is 0 Å². The number of H-pyrrole nitrogens is 1. The molecule has 0 saturated carbocycles. The van der Waals surface area contributed by atoms with Gasteiger partial charge in [-0.1, -0.05) is 12.1 Å². The normalized spacial score (nSPS) is 10.1. The van der Waals surface area contributed by atoms with Crippen LogP contribution in [-0.4, -0.2) is 15.2 Å². The number of rotatable bonds is 2. The summed E-state index contributed by atoms with van der Waals surface area (Å²) in [6, 6.07) is 7.87. The highest BCUT2D eigenvalue weighted by Crippen LogP contribution is 2.19. The van der Waals surface area contributed by atoms with Gasteiger partial charge in [-0.05, 0) is 34.7 Å². The first kappa shape index (κ1) is 9.25. The Morgan fingerprint density at radius 1 is 1.36 bits per heavy atom. The van der Waals surface area contributed by atoms with E-state index >= 15 is 0 Å². The van der Waals surface area contributed by atoms with E-state index in [1.807, 2.05) is 24.3 Å². The van der Waals surface area contributed by atoms with Gasteiger partial charge in [0.15, 0.2) is 0 Å². The molecule has 1 heterocycles. The predicted molar refractivity (Wildman–Crippen MR) is 63.2 cm³/mol. The zero-order valence-electron chi connectivity index (χ0n) is 7.16. The summed E-state index contributed by atoms with van der Waals surface area (Å²) in [6.07, 6.45) is 0. The van der Waals surface area contributed by atoms with Crippen molar-refractivity contribution in [1.29, 1.82) is 0 Å². The molecular formula is C8H8IN5. The average molecular weight is 301 g/mol. The zero-order chi connectivity index (χ0) is 9.97. The predicted octanol–water partition coefficient (Wildman–Crippen LogP) is 1.74. The molecule has 0 radical (unpaired) electrons. The second kappa shape index (κ2) is 3.82. The van der Waals surface area contributed by atoms with Gasteiger partial charge in [-0.3, -0.25) is 0 Å². The minimum atomic E-state index is 0.304. The molecular weight excluding hydrogens is 293 g/mol. The minimum absolute atomic E-state index is 0.304. The molecule has 1 aromatic heterocycles. The number of anilines is 3. The maximum atomic E-state index is 5.40. The van der Waals surface area contributed by atoms with Crippen molar-refractivity contribution in [2.45, 2.75) is 0 Å². The number of hydrogen-bond acceptors (Lipinski definition) is 4. The molecule has 0 amide bonds. The van der Waals surface area contributed by atoms with E-state index in [4.69, 9.17) is 5.73 Å². The van der Waals surface area contributed by atoms with E-state index < -0.39 is 0 Å². The molecule has 1 aromatic carbocycles. The summed E-state index contributed by atoms with van der Waals surface area (Å²) < 4.78 is 1.11. The van der Waals surface area contributed by atoms with Gasteiger partial charge in [0.25, 0.3) is 0 Å². The topological polar surface area (TPSA) is 79.6 Å². The first-order chi connectivity index (χ1) is 6.75. The number of nitrogens with two attached hydrogens (primary N) is 1. The first-order valence-corrected chi connectivity index (χ1v) is 5.03. The smallest absolute Gasteiger partial charge is 0.248 e. The molecule has 2 aromatic rings. The lowest BCUT2D eigenvalue weighted by molar-refractivity contribution is 1.10. The third-order valence-electron chi connectivity index (χ3n) is 1.62. The maximum absolute atomic E-state index is 5.40. The number of nitrogens with one attached hydrogen (secondary N) is 2. The van der Waals surface area contributed by atoms with Gasteiger partial charge < -0.3 is 11.1 Å². The summed E-state index contributed by atoms with van der Waals surface area (Å²) >= 11 is 2.23. The van der Waals surface area contributed by atoms with E-state index in [-0.39, 0.29) is 0 Å². The molecule has 5 nitrogen and oxygen atoms in total. The third kappa shape index (κ3) is 1.95. The molecule has 6 heteroatoms. The highest BCUT2D eigenvalue weighted by molar-refractivity contribution is 14.1. The van der Waals surface area contributed by atoms with E-state index in [2.05, 4.69) is 43.1 Å². The summed E-state index contributed by atoms with van der Waals surface area (Å²) in [7, 11) is 0. The standard InChI is InChI=1S/C8H8IN5/c9-5-3-1-2-4-6(5)11-8-12-7(10)13-14-8/h1-4H,(H4,10,11,12,13,14). The SMILES string of the molecule is Nc1nc(Nc2ccccc2I)n[nH]1. The number of aromatic nitrogens is 3. The average Bonchev–Trinajstić information content (AvgIpc) is 2.56. The van der Waals surface area contributed by atoms with Gasteiger partial charge in [-0.15, -0.1) is 5.10 Å². The van der Waals surface area contributed by atoms with Crippen LogP contribution in [0.5, 0.6) is 0 Å². The number of para-hydroxylation sites is 1. The van der Waals surface area contributed by atoms with Crippen molar-refractivity contribution >= 4 is 40.2 Å². The third-order valence-corrected chi connectivity index (χ3v) is 2.56. The second-order valence-corrected chi connectivity index (χ2v) is 3.81. The Labute approximate surface area is 94.3 Å². The van der Waals surface area contributed by atoms with Gasteiger partial charge in [0.2, 0.25) is 11.9 Å². The monoisotopic (exact) mass is 301 g/mol. The van der Waals surface area contributed by atoms with Crippen molar-refractivity contribution in [2.24, 2.45) is 0 Å². The number of benzene rings is 1. The highest BCUT2D eigenvalue weighted by Gasteiger charge is 2.02. The number of halogens is 1. The number of hydrogen-bond donors (Lipinski definition) is 3. The first-order valence-electron chi connectivity index (χ1n) is 3.95. The molecule has 0 aliphatic heterocycles. The van der Waals surface area contributed by atoms with Gasteiger partial charge in [-0.2, -0.15) is 4.98 Å². The molecule has 0 saturated heterocycles. The quantitative estimate of drug-likeness (QED) is 0.738. The van der Waals surface area contributed by atoms with Crippen molar-refractivity contribution in [3.05, 3.63) is 27.8 Å². The van der Waals surface area contributed by atoms with Crippen LogP contribution in [0.3, 0.4) is 0 Å². The van der Waals surface area contributed by atoms with Crippen molar-refractivity contribution in [2.75, 3.05) is 11.1 Å². The Balaban J connectivity index is 2.23. The van der Waals surface area contributed by atoms with Crippen LogP contribution >= 0.6 is 22.6 Å². The largest absolute Gasteiger partial charge is 0.368 e. The van der Waals surface area contributed by atoms with Gasteiger partial charge in [0, 0.05) is 3.57 Å². The maximum Gasteiger partial charge on any atom is 0.248 e. The number of nitrogens with zero attached hydrogens (tertiary/aromatic N) is 2. The van der Waals surface area contributed by atoms with Crippen LogP contribution in [-0.2, 0) is 0 Å². The Morgan fingerprint density at radius 2 is 2.14 bits per heavy atom. The molecule has 72 valence electrons. The molecule has 0 atom stereocenters. The minimum Gasteiger partial charge on any atom is -0.368 e. The van der Waals surface area contributed by atoms with Gasteiger partial charge >= 0.3 is 0 Å². The van der Waals surface area contributed by atoms with E-state index in [1.165, 1.54) is 0 Å². The van der Waals surface area contributed by atoms with Crippen molar-refractivity contribution in [1.82, 2.24) is 15.2 Å². The van der Waals surface area contributed by atoms with E-state index in [1.54, 1.807) is 0 Å². The van der Waals surface area contributed by atoms with Crippen LogP contribution in [0.25, 0.3) is 0 Å². The van der Waals surface area contributed by atoms with Gasteiger partial charge in [-0.25, -0.2) is 5.10 Å². The van der Waals surface area contributed by atoms with Crippen LogP contribution in [0.4, 0.5) is 17.6 Å². The van der Waals surface area contributed by atoms with Crippen molar-refractivity contribution in [3.63, 3.8) is 0 Å². The van der Waals surface area contributed by atoms with E-state index in [0.29, 0.717) is 11.9 Å². The molecule has 0 unspecified atom stereocenters. The molecule has 0 aliphatic rings. The fourth-order valence-corrected chi connectivity index (χ4v) is 1.54. The lowest BCUT2D eigenvalue weighted by Crippen LogP contribution is -1.94. The summed E-state index contributed by atoms with van der Waals surface area (Å²) in [5.41, 5.74) is 6.36. The number of aromatic amines is 1. The Kier molecular flexibility index (Phi) is 2.53. The van der Waals surface area contributed by atoms with Crippen LogP contribution in [0.15, 0.2) is 24.3 Å². The van der Waals surface area contributed by atoms with Crippen LogP contribution in [0.2, 0.25) is 0 Å². The van der Waals surface area contributed by atoms with Crippen LogP contribution in [0, 0.1) is 3.57 Å².